The summed E-state index contributed by atoms with van der Waals surface area (Å²) in [7, 11) is -0.538. The first-order valence-corrected chi connectivity index (χ1v) is 18.6. The fourth-order valence-corrected chi connectivity index (χ4v) is 20.1. The monoisotopic (exact) mass is 560 g/mol. The van der Waals surface area contributed by atoms with Gasteiger partial charge in [0.05, 0.1) is 0 Å². The molecular formula is C38H42P2. The Labute approximate surface area is 244 Å². The van der Waals surface area contributed by atoms with Crippen LogP contribution in [0, 0.1) is 0 Å². The van der Waals surface area contributed by atoms with E-state index in [2.05, 4.69) is 121 Å². The summed E-state index contributed by atoms with van der Waals surface area (Å²) in [5.41, 5.74) is 6.37. The zero-order valence-electron chi connectivity index (χ0n) is 23.7. The summed E-state index contributed by atoms with van der Waals surface area (Å²) in [4.78, 5) is 0.452. The van der Waals surface area contributed by atoms with Crippen molar-refractivity contribution in [1.29, 1.82) is 0 Å². The maximum absolute atomic E-state index is 2.48. The van der Waals surface area contributed by atoms with Crippen molar-refractivity contribution in [2.75, 3.05) is 12.3 Å². The Hall–Kier alpha value is -2.26. The molecule has 2 aliphatic heterocycles. The van der Waals surface area contributed by atoms with Crippen molar-refractivity contribution in [2.24, 2.45) is 0 Å². The third kappa shape index (κ3) is 4.17. The summed E-state index contributed by atoms with van der Waals surface area (Å²) in [6, 6.07) is 47.1. The van der Waals surface area contributed by atoms with Gasteiger partial charge in [0.25, 0.3) is 0 Å². The fraction of sp³-hybridized carbons (Fsp3) is 0.368. The summed E-state index contributed by atoms with van der Waals surface area (Å²) in [5.74, 6) is 0. The highest BCUT2D eigenvalue weighted by Gasteiger charge is 2.62. The Morgan fingerprint density at radius 3 is 1.00 bits per heavy atom. The molecule has 2 heteroatoms. The van der Waals surface area contributed by atoms with Crippen molar-refractivity contribution < 1.29 is 0 Å². The van der Waals surface area contributed by atoms with Crippen LogP contribution >= 0.6 is 15.8 Å². The molecule has 2 atom stereocenters. The van der Waals surface area contributed by atoms with E-state index in [1.165, 1.54) is 70.1 Å². The van der Waals surface area contributed by atoms with E-state index in [0.29, 0.717) is 4.90 Å². The first-order chi connectivity index (χ1) is 19.8. The third-order valence-electron chi connectivity index (χ3n) is 10.4. The lowest BCUT2D eigenvalue weighted by Crippen LogP contribution is -2.40. The molecule has 4 aromatic rings. The molecule has 0 amide bonds. The normalized spacial score (nSPS) is 25.0. The maximum Gasteiger partial charge on any atom is 0.0409 e. The molecule has 7 rings (SSSR count). The molecule has 2 saturated heterocycles. The third-order valence-corrected chi connectivity index (χ3v) is 19.6. The van der Waals surface area contributed by atoms with E-state index in [-0.39, 0.29) is 26.2 Å². The topological polar surface area (TPSA) is 0 Å². The molecule has 0 bridgehead atoms. The average molecular weight is 561 g/mol. The second kappa shape index (κ2) is 11.2. The van der Waals surface area contributed by atoms with Crippen molar-refractivity contribution >= 4 is 15.8 Å². The molecule has 4 aromatic carbocycles. The minimum Gasteiger partial charge on any atom is -0.0802 e. The largest absolute Gasteiger partial charge is 0.0802 e. The summed E-state index contributed by atoms with van der Waals surface area (Å²) in [6.07, 6.45) is 15.3. The van der Waals surface area contributed by atoms with Gasteiger partial charge in [-0.1, -0.05) is 156 Å². The predicted octanol–water partition coefficient (Wildman–Crippen LogP) is 11.1. The van der Waals surface area contributed by atoms with E-state index in [0.717, 1.165) is 0 Å². The van der Waals surface area contributed by atoms with Crippen LogP contribution in [0.2, 0.25) is 0 Å². The summed E-state index contributed by atoms with van der Waals surface area (Å²) >= 11 is 0. The molecule has 204 valence electrons. The molecule has 40 heavy (non-hydrogen) atoms. The van der Waals surface area contributed by atoms with E-state index in [1.54, 1.807) is 22.3 Å². The van der Waals surface area contributed by atoms with Gasteiger partial charge in [-0.05, 0) is 73.1 Å². The Kier molecular flexibility index (Phi) is 7.45. The van der Waals surface area contributed by atoms with Crippen LogP contribution in [0.15, 0.2) is 121 Å². The highest BCUT2D eigenvalue weighted by atomic mass is 31.2. The van der Waals surface area contributed by atoms with Crippen LogP contribution in [0.25, 0.3) is 0 Å². The highest BCUT2D eigenvalue weighted by Crippen LogP contribution is 2.88. The molecule has 0 spiro atoms. The van der Waals surface area contributed by atoms with Gasteiger partial charge in [0.1, 0.15) is 0 Å². The standard InChI is InChI=1S/C38H42P2/c1-6-18-32(19-7-1)37(33-20-8-2-9-21-33)28-16-30-39(37)36(26-14-5-15-27-36)40-31-17-29-38(40,34-22-10-3-11-23-34)35-24-12-4-13-25-35/h1-4,6-13,18-25H,5,14-17,26-31H2. The molecule has 0 N–H and O–H groups in total. The predicted molar refractivity (Wildman–Crippen MR) is 175 cm³/mol. The van der Waals surface area contributed by atoms with E-state index in [4.69, 9.17) is 0 Å². The summed E-state index contributed by atoms with van der Waals surface area (Å²) in [6.45, 7) is 0. The quantitative estimate of drug-likeness (QED) is 0.206. The Morgan fingerprint density at radius 2 is 0.675 bits per heavy atom. The van der Waals surface area contributed by atoms with Gasteiger partial charge < -0.3 is 0 Å². The van der Waals surface area contributed by atoms with Gasteiger partial charge in [0.15, 0.2) is 0 Å². The molecule has 3 aliphatic rings. The zero-order valence-corrected chi connectivity index (χ0v) is 25.5. The van der Waals surface area contributed by atoms with Gasteiger partial charge in [-0.3, -0.25) is 0 Å². The van der Waals surface area contributed by atoms with Gasteiger partial charge in [0.2, 0.25) is 0 Å². The Morgan fingerprint density at radius 1 is 0.350 bits per heavy atom. The Bertz CT molecular complexity index is 1190. The molecule has 1 aliphatic carbocycles. The zero-order chi connectivity index (χ0) is 26.9. The van der Waals surface area contributed by atoms with Crippen LogP contribution in [-0.2, 0) is 10.3 Å². The van der Waals surface area contributed by atoms with Gasteiger partial charge in [0, 0.05) is 15.2 Å². The van der Waals surface area contributed by atoms with E-state index >= 15 is 0 Å². The van der Waals surface area contributed by atoms with E-state index in [9.17, 15) is 0 Å². The highest BCUT2D eigenvalue weighted by molar-refractivity contribution is 7.79. The molecule has 1 saturated carbocycles. The maximum atomic E-state index is 2.48. The molecule has 3 fully saturated rings. The first kappa shape index (κ1) is 26.6. The molecule has 2 unspecified atom stereocenters. The van der Waals surface area contributed by atoms with Crippen molar-refractivity contribution in [1.82, 2.24) is 0 Å². The second-order valence-electron chi connectivity index (χ2n) is 12.2. The molecule has 2 heterocycles. The fourth-order valence-electron chi connectivity index (χ4n) is 8.96. The van der Waals surface area contributed by atoms with Gasteiger partial charge in [-0.15, -0.1) is 0 Å². The SMILES string of the molecule is c1ccc(C2(c3ccccc3)CCCP2C2(P3CCCC3(c3ccccc3)c3ccccc3)CCCCC2)cc1. The Balaban J connectivity index is 1.47. The minimum absolute atomic E-state index is 0.166. The lowest BCUT2D eigenvalue weighted by atomic mass is 9.87. The van der Waals surface area contributed by atoms with Crippen LogP contribution < -0.4 is 0 Å². The summed E-state index contributed by atoms with van der Waals surface area (Å²) < 4.78 is 0. The smallest absolute Gasteiger partial charge is 0.0409 e. The number of rotatable bonds is 6. The molecule has 0 radical (unpaired) electrons. The van der Waals surface area contributed by atoms with Crippen LogP contribution in [0.5, 0.6) is 0 Å². The van der Waals surface area contributed by atoms with Gasteiger partial charge in [-0.25, -0.2) is 0 Å². The van der Waals surface area contributed by atoms with E-state index in [1.807, 2.05) is 0 Å². The average Bonchev–Trinajstić information content (AvgIpc) is 3.71. The first-order valence-electron chi connectivity index (χ1n) is 15.6. The van der Waals surface area contributed by atoms with Crippen LogP contribution in [0.1, 0.15) is 80.0 Å². The van der Waals surface area contributed by atoms with Gasteiger partial charge in [-0.2, -0.15) is 0 Å². The lowest BCUT2D eigenvalue weighted by molar-refractivity contribution is 0.469. The second-order valence-corrected chi connectivity index (χ2v) is 18.4. The van der Waals surface area contributed by atoms with Crippen LogP contribution in [0.4, 0.5) is 0 Å². The number of benzene rings is 4. The van der Waals surface area contributed by atoms with Crippen molar-refractivity contribution in [2.45, 2.75) is 73.0 Å². The number of hydrogen-bond donors (Lipinski definition) is 0. The van der Waals surface area contributed by atoms with Crippen LogP contribution in [0.3, 0.4) is 0 Å². The van der Waals surface area contributed by atoms with Crippen LogP contribution in [-0.4, -0.2) is 17.2 Å². The van der Waals surface area contributed by atoms with E-state index < -0.39 is 0 Å². The lowest BCUT2D eigenvalue weighted by Gasteiger charge is -2.58. The minimum atomic E-state index is -0.269. The molecule has 0 nitrogen and oxygen atoms in total. The summed E-state index contributed by atoms with van der Waals surface area (Å²) in [5, 5.41) is 0.332. The number of hydrogen-bond acceptors (Lipinski definition) is 0. The van der Waals surface area contributed by atoms with Crippen molar-refractivity contribution in [3.8, 4) is 0 Å². The van der Waals surface area contributed by atoms with Crippen molar-refractivity contribution in [3.05, 3.63) is 144 Å². The van der Waals surface area contributed by atoms with Crippen molar-refractivity contribution in [3.63, 3.8) is 0 Å². The molecular weight excluding hydrogens is 518 g/mol. The van der Waals surface area contributed by atoms with Gasteiger partial charge >= 0.3 is 0 Å². The molecule has 0 aromatic heterocycles.